The van der Waals surface area contributed by atoms with Crippen LogP contribution in [0.2, 0.25) is 0 Å². The van der Waals surface area contributed by atoms with E-state index in [0.29, 0.717) is 12.1 Å². The van der Waals surface area contributed by atoms with E-state index >= 15 is 0 Å². The van der Waals surface area contributed by atoms with Crippen LogP contribution in [-0.2, 0) is 11.2 Å². The van der Waals surface area contributed by atoms with E-state index in [1.54, 1.807) is 11.1 Å². The lowest BCUT2D eigenvalue weighted by Gasteiger charge is -2.37. The van der Waals surface area contributed by atoms with Gasteiger partial charge >= 0.3 is 0 Å². The van der Waals surface area contributed by atoms with Crippen LogP contribution in [0.15, 0.2) is 41.5 Å². The van der Waals surface area contributed by atoms with Gasteiger partial charge < -0.3 is 10.1 Å². The van der Waals surface area contributed by atoms with Crippen LogP contribution in [0.5, 0.6) is 0 Å². The molecule has 0 saturated carbocycles. The van der Waals surface area contributed by atoms with Gasteiger partial charge in [-0.3, -0.25) is 0 Å². The Balaban J connectivity index is 1.82. The molecule has 0 radical (unpaired) electrons. The molecule has 1 aliphatic heterocycles. The lowest BCUT2D eigenvalue weighted by Crippen LogP contribution is -2.46. The third-order valence-electron chi connectivity index (χ3n) is 4.48. The molecular formula is C17H23NO. The van der Waals surface area contributed by atoms with Crippen molar-refractivity contribution >= 4 is 0 Å². The third kappa shape index (κ3) is 2.75. The maximum absolute atomic E-state index is 5.64. The molecule has 1 N–H and O–H groups in total. The molecule has 0 bridgehead atoms. The van der Waals surface area contributed by atoms with Gasteiger partial charge in [-0.2, -0.15) is 0 Å². The minimum Gasteiger partial charge on any atom is -0.376 e. The SMILES string of the molecule is COC1CNC(Cc2ccccc2)C2=C1CCCC2. The van der Waals surface area contributed by atoms with Crippen molar-refractivity contribution in [2.45, 2.75) is 44.2 Å². The first-order valence-corrected chi connectivity index (χ1v) is 7.40. The zero-order valence-corrected chi connectivity index (χ0v) is 11.7. The van der Waals surface area contributed by atoms with Gasteiger partial charge in [0.25, 0.3) is 0 Å². The molecule has 1 aromatic rings. The number of rotatable bonds is 3. The van der Waals surface area contributed by atoms with Crippen LogP contribution < -0.4 is 5.32 Å². The van der Waals surface area contributed by atoms with Crippen molar-refractivity contribution in [3.05, 3.63) is 47.0 Å². The normalized spacial score (nSPS) is 27.2. The summed E-state index contributed by atoms with van der Waals surface area (Å²) >= 11 is 0. The smallest absolute Gasteiger partial charge is 0.0908 e. The molecule has 2 nitrogen and oxygen atoms in total. The second kappa shape index (κ2) is 5.89. The molecule has 2 heteroatoms. The molecule has 1 aliphatic carbocycles. The van der Waals surface area contributed by atoms with Gasteiger partial charge in [0.1, 0.15) is 0 Å². The standard InChI is InChI=1S/C17H23NO/c1-19-17-12-18-16(11-13-7-3-2-4-8-13)14-9-5-6-10-15(14)17/h2-4,7-8,16-18H,5-6,9-12H2,1H3. The molecule has 0 spiro atoms. The molecule has 1 heterocycles. The van der Waals surface area contributed by atoms with Crippen molar-refractivity contribution in [1.29, 1.82) is 0 Å². The lowest BCUT2D eigenvalue weighted by molar-refractivity contribution is 0.114. The van der Waals surface area contributed by atoms with E-state index in [2.05, 4.69) is 35.6 Å². The number of nitrogens with one attached hydrogen (secondary N) is 1. The van der Waals surface area contributed by atoms with Gasteiger partial charge in [0.2, 0.25) is 0 Å². The Kier molecular flexibility index (Phi) is 4.00. The predicted molar refractivity (Wildman–Crippen MR) is 78.2 cm³/mol. The number of hydrogen-bond acceptors (Lipinski definition) is 2. The average molecular weight is 257 g/mol. The molecule has 102 valence electrons. The highest BCUT2D eigenvalue weighted by atomic mass is 16.5. The summed E-state index contributed by atoms with van der Waals surface area (Å²) in [6.07, 6.45) is 6.57. The van der Waals surface area contributed by atoms with E-state index in [1.165, 1.54) is 31.2 Å². The second-order valence-corrected chi connectivity index (χ2v) is 5.63. The van der Waals surface area contributed by atoms with Crippen LogP contribution in [-0.4, -0.2) is 25.8 Å². The second-order valence-electron chi connectivity index (χ2n) is 5.63. The predicted octanol–water partition coefficient (Wildman–Crippen LogP) is 3.09. The molecule has 0 saturated heterocycles. The van der Waals surface area contributed by atoms with Gasteiger partial charge in [0, 0.05) is 19.7 Å². The molecule has 2 atom stereocenters. The molecule has 0 amide bonds. The van der Waals surface area contributed by atoms with Crippen LogP contribution in [0.25, 0.3) is 0 Å². The molecule has 3 rings (SSSR count). The van der Waals surface area contributed by atoms with Gasteiger partial charge in [-0.25, -0.2) is 0 Å². The molecule has 19 heavy (non-hydrogen) atoms. The van der Waals surface area contributed by atoms with Crippen LogP contribution in [0.3, 0.4) is 0 Å². The fourth-order valence-electron chi connectivity index (χ4n) is 3.48. The van der Waals surface area contributed by atoms with Crippen LogP contribution in [0, 0.1) is 0 Å². The summed E-state index contributed by atoms with van der Waals surface area (Å²) in [6, 6.07) is 11.3. The first-order chi connectivity index (χ1) is 9.38. The fraction of sp³-hybridized carbons (Fsp3) is 0.529. The van der Waals surface area contributed by atoms with E-state index in [4.69, 9.17) is 4.74 Å². The number of methoxy groups -OCH3 is 1. The highest BCUT2D eigenvalue weighted by molar-refractivity contribution is 5.31. The maximum Gasteiger partial charge on any atom is 0.0908 e. The van der Waals surface area contributed by atoms with E-state index in [9.17, 15) is 0 Å². The van der Waals surface area contributed by atoms with E-state index in [-0.39, 0.29) is 0 Å². The Morgan fingerprint density at radius 1 is 1.11 bits per heavy atom. The highest BCUT2D eigenvalue weighted by Gasteiger charge is 2.30. The van der Waals surface area contributed by atoms with Crippen LogP contribution >= 0.6 is 0 Å². The largest absolute Gasteiger partial charge is 0.376 e. The van der Waals surface area contributed by atoms with E-state index in [0.717, 1.165) is 13.0 Å². The summed E-state index contributed by atoms with van der Waals surface area (Å²) in [4.78, 5) is 0. The summed E-state index contributed by atoms with van der Waals surface area (Å²) in [5.74, 6) is 0. The summed E-state index contributed by atoms with van der Waals surface area (Å²) in [5, 5.41) is 3.68. The molecule has 0 fully saturated rings. The highest BCUT2D eigenvalue weighted by Crippen LogP contribution is 2.33. The van der Waals surface area contributed by atoms with Crippen molar-refractivity contribution in [3.8, 4) is 0 Å². The molecular weight excluding hydrogens is 234 g/mol. The fourth-order valence-corrected chi connectivity index (χ4v) is 3.48. The molecule has 0 aromatic heterocycles. The molecule has 2 aliphatic rings. The Morgan fingerprint density at radius 3 is 2.58 bits per heavy atom. The Hall–Kier alpha value is -1.12. The lowest BCUT2D eigenvalue weighted by atomic mass is 9.80. The van der Waals surface area contributed by atoms with Gasteiger partial charge in [-0.15, -0.1) is 0 Å². The van der Waals surface area contributed by atoms with Crippen molar-refractivity contribution in [2.75, 3.05) is 13.7 Å². The van der Waals surface area contributed by atoms with E-state index in [1.807, 2.05) is 7.11 Å². The zero-order valence-electron chi connectivity index (χ0n) is 11.7. The van der Waals surface area contributed by atoms with Gasteiger partial charge in [0.15, 0.2) is 0 Å². The van der Waals surface area contributed by atoms with E-state index < -0.39 is 0 Å². The molecule has 2 unspecified atom stereocenters. The third-order valence-corrected chi connectivity index (χ3v) is 4.48. The van der Waals surface area contributed by atoms with Crippen molar-refractivity contribution in [3.63, 3.8) is 0 Å². The number of benzene rings is 1. The first kappa shape index (κ1) is 12.9. The van der Waals surface area contributed by atoms with Gasteiger partial charge in [0.05, 0.1) is 6.10 Å². The average Bonchev–Trinajstić information content (AvgIpc) is 2.49. The van der Waals surface area contributed by atoms with Gasteiger partial charge in [-0.1, -0.05) is 35.9 Å². The van der Waals surface area contributed by atoms with Gasteiger partial charge in [-0.05, 0) is 43.2 Å². The summed E-state index contributed by atoms with van der Waals surface area (Å²) in [5.41, 5.74) is 4.65. The Morgan fingerprint density at radius 2 is 1.84 bits per heavy atom. The summed E-state index contributed by atoms with van der Waals surface area (Å²) < 4.78 is 5.64. The van der Waals surface area contributed by atoms with Crippen molar-refractivity contribution < 1.29 is 4.74 Å². The maximum atomic E-state index is 5.64. The Labute approximate surface area is 115 Å². The molecule has 1 aromatic carbocycles. The zero-order chi connectivity index (χ0) is 13.1. The van der Waals surface area contributed by atoms with Crippen molar-refractivity contribution in [1.82, 2.24) is 5.32 Å². The minimum absolute atomic E-state index is 0.308. The Bertz CT molecular complexity index is 452. The monoisotopic (exact) mass is 257 g/mol. The quantitative estimate of drug-likeness (QED) is 0.840. The van der Waals surface area contributed by atoms with Crippen LogP contribution in [0.4, 0.5) is 0 Å². The summed E-state index contributed by atoms with van der Waals surface area (Å²) in [6.45, 7) is 0.965. The number of hydrogen-bond donors (Lipinski definition) is 1. The topological polar surface area (TPSA) is 21.3 Å². The number of ether oxygens (including phenoxy) is 1. The minimum atomic E-state index is 0.308. The van der Waals surface area contributed by atoms with Crippen LogP contribution in [0.1, 0.15) is 31.2 Å². The summed E-state index contributed by atoms with van der Waals surface area (Å²) in [7, 11) is 1.84. The first-order valence-electron chi connectivity index (χ1n) is 7.40. The van der Waals surface area contributed by atoms with Crippen molar-refractivity contribution in [2.24, 2.45) is 0 Å².